The summed E-state index contributed by atoms with van der Waals surface area (Å²) in [6.07, 6.45) is 5.61. The van der Waals surface area contributed by atoms with Gasteiger partial charge < -0.3 is 19.9 Å². The number of amides is 2. The molecule has 0 radical (unpaired) electrons. The number of hydrogen-bond acceptors (Lipinski definition) is 3. The average Bonchev–Trinajstić information content (AvgIpc) is 2.81. The van der Waals surface area contributed by atoms with Gasteiger partial charge in [-0.1, -0.05) is 63.1 Å². The number of aromatic nitrogens is 1. The monoisotopic (exact) mass is 433 g/mol. The molecule has 32 heavy (non-hydrogen) atoms. The summed E-state index contributed by atoms with van der Waals surface area (Å²) in [5, 5.41) is 5.58. The first-order chi connectivity index (χ1) is 15.6. The third kappa shape index (κ3) is 6.00. The fraction of sp³-hybridized carbons (Fsp3) is 0.308. The number of anilines is 2. The highest BCUT2D eigenvalue weighted by molar-refractivity contribution is 6.02. The largest absolute Gasteiger partial charge is 0.493 e. The Labute approximate surface area is 189 Å². The lowest BCUT2D eigenvalue weighted by atomic mass is 10.0. The fourth-order valence-electron chi connectivity index (χ4n) is 3.36. The van der Waals surface area contributed by atoms with Crippen LogP contribution in [0.2, 0.25) is 0 Å². The van der Waals surface area contributed by atoms with Gasteiger partial charge in [0.25, 0.3) is 5.56 Å². The van der Waals surface area contributed by atoms with Crippen LogP contribution in [0.4, 0.5) is 16.2 Å². The van der Waals surface area contributed by atoms with Crippen LogP contribution in [0.5, 0.6) is 5.75 Å². The zero-order chi connectivity index (χ0) is 22.8. The molecule has 0 aliphatic rings. The van der Waals surface area contributed by atoms with Gasteiger partial charge in [-0.25, -0.2) is 4.79 Å². The molecule has 3 rings (SSSR count). The molecule has 1 aromatic heterocycles. The third-order valence-corrected chi connectivity index (χ3v) is 5.12. The van der Waals surface area contributed by atoms with Crippen LogP contribution in [-0.2, 0) is 6.54 Å². The molecular weight excluding hydrogens is 402 g/mol. The summed E-state index contributed by atoms with van der Waals surface area (Å²) in [5.74, 6) is 0.693. The topological polar surface area (TPSA) is 72.4 Å². The van der Waals surface area contributed by atoms with E-state index in [2.05, 4.69) is 24.5 Å². The van der Waals surface area contributed by atoms with Crippen molar-refractivity contribution in [1.29, 1.82) is 0 Å². The first-order valence-corrected chi connectivity index (χ1v) is 11.2. The second-order valence-corrected chi connectivity index (χ2v) is 7.60. The first-order valence-electron chi connectivity index (χ1n) is 11.2. The predicted molar refractivity (Wildman–Crippen MR) is 131 cm³/mol. The van der Waals surface area contributed by atoms with E-state index in [-0.39, 0.29) is 11.2 Å². The van der Waals surface area contributed by atoms with Crippen molar-refractivity contribution in [3.63, 3.8) is 0 Å². The highest BCUT2D eigenvalue weighted by Gasteiger charge is 2.17. The van der Waals surface area contributed by atoms with Gasteiger partial charge in [0, 0.05) is 29.6 Å². The Morgan fingerprint density at radius 3 is 2.34 bits per heavy atom. The van der Waals surface area contributed by atoms with Crippen LogP contribution in [0.15, 0.2) is 71.7 Å². The van der Waals surface area contributed by atoms with Crippen molar-refractivity contribution in [1.82, 2.24) is 4.57 Å². The maximum Gasteiger partial charge on any atom is 0.323 e. The number of carbonyl (C=O) groups is 1. The van der Waals surface area contributed by atoms with Crippen molar-refractivity contribution < 1.29 is 9.53 Å². The van der Waals surface area contributed by atoms with Gasteiger partial charge in [0.15, 0.2) is 0 Å². The fourth-order valence-corrected chi connectivity index (χ4v) is 3.36. The van der Waals surface area contributed by atoms with Crippen molar-refractivity contribution in [2.75, 3.05) is 17.2 Å². The zero-order valence-corrected chi connectivity index (χ0v) is 18.8. The zero-order valence-electron chi connectivity index (χ0n) is 18.8. The minimum atomic E-state index is -0.466. The highest BCUT2D eigenvalue weighted by atomic mass is 16.5. The number of pyridine rings is 1. The van der Waals surface area contributed by atoms with Crippen LogP contribution in [0.3, 0.4) is 0 Å². The van der Waals surface area contributed by atoms with E-state index < -0.39 is 6.03 Å². The number of rotatable bonds is 10. The summed E-state index contributed by atoms with van der Waals surface area (Å²) in [5.41, 5.74) is 2.07. The van der Waals surface area contributed by atoms with E-state index in [1.807, 2.05) is 48.5 Å². The van der Waals surface area contributed by atoms with E-state index >= 15 is 0 Å². The van der Waals surface area contributed by atoms with E-state index in [1.54, 1.807) is 22.9 Å². The molecule has 6 nitrogen and oxygen atoms in total. The number of ether oxygens (including phenoxy) is 1. The molecular formula is C26H31N3O3. The molecule has 2 N–H and O–H groups in total. The summed E-state index contributed by atoms with van der Waals surface area (Å²) < 4.78 is 7.63. The molecule has 0 unspecified atom stereocenters. The van der Waals surface area contributed by atoms with Gasteiger partial charge in [-0.2, -0.15) is 0 Å². The van der Waals surface area contributed by atoms with Crippen LogP contribution in [0.25, 0.3) is 11.1 Å². The van der Waals surface area contributed by atoms with Crippen LogP contribution < -0.4 is 20.9 Å². The molecule has 0 bridgehead atoms. The summed E-state index contributed by atoms with van der Waals surface area (Å²) in [4.78, 5) is 26.0. The number of nitrogens with one attached hydrogen (secondary N) is 2. The Kier molecular flexibility index (Phi) is 8.49. The Hall–Kier alpha value is -3.54. The number of aryl methyl sites for hydroxylation is 1. The van der Waals surface area contributed by atoms with Crippen molar-refractivity contribution in [2.45, 2.75) is 46.1 Å². The van der Waals surface area contributed by atoms with Crippen molar-refractivity contribution in [3.8, 4) is 16.9 Å². The van der Waals surface area contributed by atoms with Gasteiger partial charge in [-0.15, -0.1) is 0 Å². The molecule has 0 fully saturated rings. The van der Waals surface area contributed by atoms with Gasteiger partial charge in [-0.05, 0) is 37.1 Å². The molecule has 0 aliphatic heterocycles. The lowest BCUT2D eigenvalue weighted by Gasteiger charge is -2.17. The predicted octanol–water partition coefficient (Wildman–Crippen LogP) is 6.14. The van der Waals surface area contributed by atoms with Crippen LogP contribution in [0.1, 0.15) is 39.5 Å². The number of nitrogens with zero attached hydrogens (tertiary/aromatic N) is 1. The number of urea groups is 1. The average molecular weight is 434 g/mol. The van der Waals surface area contributed by atoms with Gasteiger partial charge >= 0.3 is 6.03 Å². The number of carbonyl (C=O) groups excluding carboxylic acids is 1. The Morgan fingerprint density at radius 2 is 1.59 bits per heavy atom. The third-order valence-electron chi connectivity index (χ3n) is 5.12. The lowest BCUT2D eigenvalue weighted by molar-refractivity contribution is 0.262. The van der Waals surface area contributed by atoms with Gasteiger partial charge in [-0.3, -0.25) is 4.79 Å². The number of unbranched alkanes of at least 4 members (excludes halogenated alkanes) is 2. The highest BCUT2D eigenvalue weighted by Crippen LogP contribution is 2.33. The van der Waals surface area contributed by atoms with Gasteiger partial charge in [0.2, 0.25) is 0 Å². The van der Waals surface area contributed by atoms with Crippen molar-refractivity contribution in [3.05, 3.63) is 77.2 Å². The Bertz CT molecular complexity index is 1080. The number of para-hydroxylation sites is 2. The van der Waals surface area contributed by atoms with Crippen LogP contribution in [-0.4, -0.2) is 17.2 Å². The van der Waals surface area contributed by atoms with Gasteiger partial charge in [0.05, 0.1) is 6.61 Å². The van der Waals surface area contributed by atoms with E-state index in [0.717, 1.165) is 31.2 Å². The smallest absolute Gasteiger partial charge is 0.323 e. The molecule has 3 aromatic rings. The first kappa shape index (κ1) is 23.1. The molecule has 0 spiro atoms. The molecule has 6 heteroatoms. The molecule has 0 saturated heterocycles. The maximum atomic E-state index is 13.3. The second-order valence-electron chi connectivity index (χ2n) is 7.60. The van der Waals surface area contributed by atoms with E-state index in [4.69, 9.17) is 4.74 Å². The SMILES string of the molecule is CCCCOc1ccccc1-c1ccn(CCCC)c(=O)c1NC(=O)Nc1ccccc1. The molecule has 168 valence electrons. The van der Waals surface area contributed by atoms with Crippen LogP contribution >= 0.6 is 0 Å². The number of benzene rings is 2. The summed E-state index contributed by atoms with van der Waals surface area (Å²) in [7, 11) is 0. The summed E-state index contributed by atoms with van der Waals surface area (Å²) >= 11 is 0. The molecule has 2 amide bonds. The molecule has 0 saturated carbocycles. The Morgan fingerprint density at radius 1 is 0.875 bits per heavy atom. The summed E-state index contributed by atoms with van der Waals surface area (Å²) in [6.45, 7) is 5.38. The maximum absolute atomic E-state index is 13.3. The second kappa shape index (κ2) is 11.7. The molecule has 0 atom stereocenters. The standard InChI is InChI=1S/C26H31N3O3/c1-3-5-17-29-18-16-22(21-14-10-11-15-23(21)32-19-6-4-2)24(25(29)30)28-26(31)27-20-12-8-7-9-13-20/h7-16,18H,3-6,17,19H2,1-2H3,(H2,27,28,31). The summed E-state index contributed by atoms with van der Waals surface area (Å²) in [6, 6.07) is 18.2. The van der Waals surface area contributed by atoms with E-state index in [9.17, 15) is 9.59 Å². The number of hydrogen-bond donors (Lipinski definition) is 2. The van der Waals surface area contributed by atoms with Crippen LogP contribution in [0, 0.1) is 0 Å². The molecule has 1 heterocycles. The van der Waals surface area contributed by atoms with Crippen molar-refractivity contribution in [2.24, 2.45) is 0 Å². The molecule has 0 aliphatic carbocycles. The van der Waals surface area contributed by atoms with Gasteiger partial charge in [0.1, 0.15) is 11.4 Å². The lowest BCUT2D eigenvalue weighted by Crippen LogP contribution is -2.29. The van der Waals surface area contributed by atoms with Crippen molar-refractivity contribution >= 4 is 17.4 Å². The Balaban J connectivity index is 1.98. The van der Waals surface area contributed by atoms with E-state index in [1.165, 1.54) is 0 Å². The van der Waals surface area contributed by atoms with E-state index in [0.29, 0.717) is 30.2 Å². The molecule has 2 aromatic carbocycles. The quantitative estimate of drug-likeness (QED) is 0.377. The minimum absolute atomic E-state index is 0.234. The normalized spacial score (nSPS) is 10.6. The minimum Gasteiger partial charge on any atom is -0.493 e.